The summed E-state index contributed by atoms with van der Waals surface area (Å²) in [6.45, 7) is 6.03. The second kappa shape index (κ2) is 7.71. The number of aromatic carboxylic acids is 1. The Morgan fingerprint density at radius 1 is 1.28 bits per heavy atom. The minimum atomic E-state index is -0.971. The molecule has 0 atom stereocenters. The first kappa shape index (κ1) is 14.5. The molecule has 0 aliphatic rings. The predicted octanol–water partition coefficient (Wildman–Crippen LogP) is 2.83. The van der Waals surface area contributed by atoms with Gasteiger partial charge in [-0.3, -0.25) is 0 Å². The molecular weight excluding hydrogens is 232 g/mol. The quantitative estimate of drug-likeness (QED) is 0.723. The molecule has 0 heterocycles. The molecule has 0 aromatic heterocycles. The number of para-hydroxylation sites is 1. The maximum absolute atomic E-state index is 10.9. The summed E-state index contributed by atoms with van der Waals surface area (Å²) in [5.74, 6) is -0.0332. The minimum Gasteiger partial charge on any atom is -0.493 e. The van der Waals surface area contributed by atoms with Crippen LogP contribution in [-0.4, -0.2) is 30.9 Å². The second-order valence-corrected chi connectivity index (χ2v) is 4.47. The van der Waals surface area contributed by atoms with Crippen LogP contribution in [-0.2, 0) is 4.74 Å². The van der Waals surface area contributed by atoms with Gasteiger partial charge in [-0.05, 0) is 18.1 Å². The number of ether oxygens (including phenoxy) is 2. The molecule has 100 valence electrons. The highest BCUT2D eigenvalue weighted by Gasteiger charge is 2.09. The lowest BCUT2D eigenvalue weighted by Gasteiger charge is -2.09. The van der Waals surface area contributed by atoms with E-state index in [2.05, 4.69) is 13.8 Å². The van der Waals surface area contributed by atoms with Gasteiger partial charge >= 0.3 is 5.97 Å². The SMILES string of the molecule is CC(C)COCCCOc1ccccc1C(=O)O. The first-order valence-electron chi connectivity index (χ1n) is 6.14. The standard InChI is InChI=1S/C14H20O4/c1-11(2)10-17-8-5-9-18-13-7-4-3-6-12(13)14(15)16/h3-4,6-7,11H,5,8-10H2,1-2H3,(H,15,16). The molecule has 0 aliphatic heterocycles. The van der Waals surface area contributed by atoms with Gasteiger partial charge in [0.05, 0.1) is 6.61 Å². The highest BCUT2D eigenvalue weighted by molar-refractivity contribution is 5.90. The number of carbonyl (C=O) groups is 1. The molecule has 0 spiro atoms. The van der Waals surface area contributed by atoms with E-state index in [1.807, 2.05) is 0 Å². The molecule has 18 heavy (non-hydrogen) atoms. The van der Waals surface area contributed by atoms with Crippen molar-refractivity contribution in [1.82, 2.24) is 0 Å². The van der Waals surface area contributed by atoms with E-state index >= 15 is 0 Å². The average molecular weight is 252 g/mol. The van der Waals surface area contributed by atoms with Crippen molar-refractivity contribution in [2.24, 2.45) is 5.92 Å². The molecule has 1 rings (SSSR count). The van der Waals surface area contributed by atoms with Gasteiger partial charge in [0, 0.05) is 19.6 Å². The summed E-state index contributed by atoms with van der Waals surface area (Å²) < 4.78 is 10.9. The largest absolute Gasteiger partial charge is 0.493 e. The van der Waals surface area contributed by atoms with Crippen LogP contribution in [0.5, 0.6) is 5.75 Å². The van der Waals surface area contributed by atoms with E-state index in [9.17, 15) is 4.79 Å². The van der Waals surface area contributed by atoms with Gasteiger partial charge in [0.1, 0.15) is 11.3 Å². The molecule has 0 saturated carbocycles. The fourth-order valence-electron chi connectivity index (χ4n) is 1.43. The van der Waals surface area contributed by atoms with Gasteiger partial charge in [-0.1, -0.05) is 26.0 Å². The molecular formula is C14H20O4. The number of hydrogen-bond acceptors (Lipinski definition) is 3. The number of rotatable bonds is 8. The van der Waals surface area contributed by atoms with E-state index in [-0.39, 0.29) is 5.56 Å². The maximum atomic E-state index is 10.9. The Hall–Kier alpha value is -1.55. The normalized spacial score (nSPS) is 10.6. The third kappa shape index (κ3) is 5.19. The summed E-state index contributed by atoms with van der Waals surface area (Å²) >= 11 is 0. The monoisotopic (exact) mass is 252 g/mol. The molecule has 0 bridgehead atoms. The van der Waals surface area contributed by atoms with Crippen molar-refractivity contribution < 1.29 is 19.4 Å². The van der Waals surface area contributed by atoms with Crippen molar-refractivity contribution in [3.05, 3.63) is 29.8 Å². The lowest BCUT2D eigenvalue weighted by molar-refractivity contribution is 0.0690. The smallest absolute Gasteiger partial charge is 0.339 e. The summed E-state index contributed by atoms with van der Waals surface area (Å²) in [7, 11) is 0. The highest BCUT2D eigenvalue weighted by Crippen LogP contribution is 2.17. The average Bonchev–Trinajstić information content (AvgIpc) is 2.33. The van der Waals surface area contributed by atoms with Crippen LogP contribution in [0.15, 0.2) is 24.3 Å². The Balaban J connectivity index is 2.29. The highest BCUT2D eigenvalue weighted by atomic mass is 16.5. The van der Waals surface area contributed by atoms with Gasteiger partial charge < -0.3 is 14.6 Å². The molecule has 0 amide bonds. The summed E-state index contributed by atoms with van der Waals surface area (Å²) in [4.78, 5) is 10.9. The lowest BCUT2D eigenvalue weighted by atomic mass is 10.2. The Bertz CT molecular complexity index is 374. The first-order valence-corrected chi connectivity index (χ1v) is 6.14. The zero-order chi connectivity index (χ0) is 13.4. The third-order valence-electron chi connectivity index (χ3n) is 2.26. The molecule has 0 saturated heterocycles. The zero-order valence-corrected chi connectivity index (χ0v) is 10.9. The third-order valence-corrected chi connectivity index (χ3v) is 2.26. The van der Waals surface area contributed by atoms with E-state index in [4.69, 9.17) is 14.6 Å². The van der Waals surface area contributed by atoms with Gasteiger partial charge in [-0.15, -0.1) is 0 Å². The van der Waals surface area contributed by atoms with Gasteiger partial charge in [-0.2, -0.15) is 0 Å². The Morgan fingerprint density at radius 2 is 2.00 bits per heavy atom. The van der Waals surface area contributed by atoms with Crippen LogP contribution in [0, 0.1) is 5.92 Å². The number of benzene rings is 1. The Morgan fingerprint density at radius 3 is 2.67 bits per heavy atom. The van der Waals surface area contributed by atoms with Crippen LogP contribution in [0.25, 0.3) is 0 Å². The summed E-state index contributed by atoms with van der Waals surface area (Å²) in [6.07, 6.45) is 0.751. The van der Waals surface area contributed by atoms with Crippen molar-refractivity contribution in [1.29, 1.82) is 0 Å². The summed E-state index contributed by atoms with van der Waals surface area (Å²) in [6, 6.07) is 6.64. The van der Waals surface area contributed by atoms with Crippen LogP contribution >= 0.6 is 0 Å². The Labute approximate surface area is 108 Å². The topological polar surface area (TPSA) is 55.8 Å². The van der Waals surface area contributed by atoms with Crippen LogP contribution in [0.3, 0.4) is 0 Å². The van der Waals surface area contributed by atoms with Crippen LogP contribution < -0.4 is 4.74 Å². The molecule has 4 heteroatoms. The van der Waals surface area contributed by atoms with Crippen LogP contribution in [0.1, 0.15) is 30.6 Å². The second-order valence-electron chi connectivity index (χ2n) is 4.47. The van der Waals surface area contributed by atoms with Crippen molar-refractivity contribution in [2.75, 3.05) is 19.8 Å². The molecule has 1 aromatic rings. The van der Waals surface area contributed by atoms with E-state index in [0.717, 1.165) is 13.0 Å². The molecule has 1 aromatic carbocycles. The molecule has 1 N–H and O–H groups in total. The van der Waals surface area contributed by atoms with Crippen molar-refractivity contribution in [3.8, 4) is 5.75 Å². The number of hydrogen-bond donors (Lipinski definition) is 1. The fourth-order valence-corrected chi connectivity index (χ4v) is 1.43. The molecule has 4 nitrogen and oxygen atoms in total. The van der Waals surface area contributed by atoms with Crippen LogP contribution in [0.2, 0.25) is 0 Å². The Kier molecular flexibility index (Phi) is 6.22. The fraction of sp³-hybridized carbons (Fsp3) is 0.500. The van der Waals surface area contributed by atoms with Crippen LogP contribution in [0.4, 0.5) is 0 Å². The van der Waals surface area contributed by atoms with E-state index in [1.165, 1.54) is 6.07 Å². The summed E-state index contributed by atoms with van der Waals surface area (Å²) in [5.41, 5.74) is 0.195. The van der Waals surface area contributed by atoms with Crippen molar-refractivity contribution in [3.63, 3.8) is 0 Å². The number of carboxylic acid groups (broad SMARTS) is 1. The molecule has 0 radical (unpaired) electrons. The van der Waals surface area contributed by atoms with Crippen molar-refractivity contribution in [2.45, 2.75) is 20.3 Å². The summed E-state index contributed by atoms with van der Waals surface area (Å²) in [5, 5.41) is 8.96. The molecule has 0 aliphatic carbocycles. The number of carboxylic acids is 1. The van der Waals surface area contributed by atoms with E-state index in [1.54, 1.807) is 18.2 Å². The first-order chi connectivity index (χ1) is 8.61. The maximum Gasteiger partial charge on any atom is 0.339 e. The van der Waals surface area contributed by atoms with Gasteiger partial charge in [0.2, 0.25) is 0 Å². The van der Waals surface area contributed by atoms with Gasteiger partial charge in [0.15, 0.2) is 0 Å². The zero-order valence-electron chi connectivity index (χ0n) is 10.9. The van der Waals surface area contributed by atoms with Crippen molar-refractivity contribution >= 4 is 5.97 Å². The van der Waals surface area contributed by atoms with Gasteiger partial charge in [-0.25, -0.2) is 4.79 Å². The lowest BCUT2D eigenvalue weighted by Crippen LogP contribution is -2.08. The van der Waals surface area contributed by atoms with E-state index in [0.29, 0.717) is 24.9 Å². The van der Waals surface area contributed by atoms with Gasteiger partial charge in [0.25, 0.3) is 0 Å². The van der Waals surface area contributed by atoms with E-state index < -0.39 is 5.97 Å². The predicted molar refractivity (Wildman–Crippen MR) is 69.2 cm³/mol. The minimum absolute atomic E-state index is 0.195. The molecule has 0 fully saturated rings. The molecule has 0 unspecified atom stereocenters.